The summed E-state index contributed by atoms with van der Waals surface area (Å²) in [5.41, 5.74) is 2.72. The number of hydrogen-bond acceptors (Lipinski definition) is 5. The maximum absolute atomic E-state index is 12.3. The van der Waals surface area contributed by atoms with E-state index in [2.05, 4.69) is 15.4 Å². The van der Waals surface area contributed by atoms with Gasteiger partial charge in [-0.3, -0.25) is 9.48 Å². The molecule has 3 rings (SSSR count). The molecule has 0 aliphatic carbocycles. The van der Waals surface area contributed by atoms with Gasteiger partial charge in [-0.25, -0.2) is 4.98 Å². The summed E-state index contributed by atoms with van der Waals surface area (Å²) >= 11 is 0. The highest BCUT2D eigenvalue weighted by Gasteiger charge is 2.33. The molecule has 2 atom stereocenters. The Morgan fingerprint density at radius 2 is 2.30 bits per heavy atom. The molecule has 118 valence electrons. The molecule has 1 saturated heterocycles. The molecule has 0 aromatic carbocycles. The van der Waals surface area contributed by atoms with Crippen molar-refractivity contribution in [2.45, 2.75) is 25.5 Å². The molecule has 2 aromatic heterocycles. The number of nitrogens with zero attached hydrogens (tertiary/aromatic N) is 4. The number of hydrogen-bond donors (Lipinski definition) is 1. The van der Waals surface area contributed by atoms with Crippen LogP contribution in [0, 0.1) is 18.3 Å². The van der Waals surface area contributed by atoms with Crippen LogP contribution in [0.4, 0.5) is 0 Å². The van der Waals surface area contributed by atoms with Gasteiger partial charge in [0.15, 0.2) is 0 Å². The van der Waals surface area contributed by atoms with E-state index in [1.54, 1.807) is 23.0 Å². The summed E-state index contributed by atoms with van der Waals surface area (Å²) in [4.78, 5) is 16.4. The SMILES string of the molecule is Cc1c([C@H]2OCC[C@@H]2NC(=O)c2ccc(C#N)cn2)cnn1C. The first kappa shape index (κ1) is 15.2. The van der Waals surface area contributed by atoms with Crippen LogP contribution in [0.25, 0.3) is 0 Å². The maximum atomic E-state index is 12.3. The molecule has 1 N–H and O–H groups in total. The molecule has 3 heterocycles. The van der Waals surface area contributed by atoms with E-state index in [0.29, 0.717) is 12.2 Å². The summed E-state index contributed by atoms with van der Waals surface area (Å²) in [6, 6.07) is 4.99. The molecule has 0 radical (unpaired) electrons. The van der Waals surface area contributed by atoms with E-state index in [-0.39, 0.29) is 23.7 Å². The second-order valence-electron chi connectivity index (χ2n) is 5.51. The van der Waals surface area contributed by atoms with E-state index in [1.165, 1.54) is 6.20 Å². The van der Waals surface area contributed by atoms with Crippen LogP contribution >= 0.6 is 0 Å². The number of pyridine rings is 1. The Balaban J connectivity index is 1.74. The van der Waals surface area contributed by atoms with Crippen molar-refractivity contribution >= 4 is 5.91 Å². The van der Waals surface area contributed by atoms with Crippen molar-refractivity contribution in [2.75, 3.05) is 6.61 Å². The zero-order valence-corrected chi connectivity index (χ0v) is 13.0. The summed E-state index contributed by atoms with van der Waals surface area (Å²) in [5, 5.41) is 16.0. The van der Waals surface area contributed by atoms with Gasteiger partial charge in [0, 0.05) is 31.1 Å². The van der Waals surface area contributed by atoms with Crippen LogP contribution < -0.4 is 5.32 Å². The third-order valence-electron chi connectivity index (χ3n) is 4.11. The highest BCUT2D eigenvalue weighted by Crippen LogP contribution is 2.31. The van der Waals surface area contributed by atoms with Crippen LogP contribution in [-0.2, 0) is 11.8 Å². The third-order valence-corrected chi connectivity index (χ3v) is 4.11. The van der Waals surface area contributed by atoms with E-state index in [0.717, 1.165) is 17.7 Å². The van der Waals surface area contributed by atoms with Gasteiger partial charge < -0.3 is 10.1 Å². The molecular weight excluding hydrogens is 294 g/mol. The van der Waals surface area contributed by atoms with Gasteiger partial charge in [0.05, 0.1) is 17.8 Å². The lowest BCUT2D eigenvalue weighted by atomic mass is 10.0. The molecule has 2 aromatic rings. The van der Waals surface area contributed by atoms with Crippen molar-refractivity contribution in [3.63, 3.8) is 0 Å². The number of aromatic nitrogens is 3. The predicted octanol–water partition coefficient (Wildman–Crippen LogP) is 1.26. The van der Waals surface area contributed by atoms with Gasteiger partial charge in [0.1, 0.15) is 17.9 Å². The second kappa shape index (κ2) is 6.18. The Labute approximate surface area is 133 Å². The first-order valence-electron chi connectivity index (χ1n) is 7.37. The Hall–Kier alpha value is -2.72. The Morgan fingerprint density at radius 3 is 2.91 bits per heavy atom. The van der Waals surface area contributed by atoms with Crippen molar-refractivity contribution in [3.05, 3.63) is 47.0 Å². The minimum atomic E-state index is -0.267. The van der Waals surface area contributed by atoms with Crippen LogP contribution in [-0.4, -0.2) is 33.3 Å². The van der Waals surface area contributed by atoms with Crippen LogP contribution in [0.5, 0.6) is 0 Å². The predicted molar refractivity (Wildman–Crippen MR) is 81.5 cm³/mol. The van der Waals surface area contributed by atoms with Crippen LogP contribution in [0.3, 0.4) is 0 Å². The standard InChI is InChI=1S/C16H17N5O2/c1-10-12(9-19-21(10)2)15-13(5-6-23-15)20-16(22)14-4-3-11(7-17)8-18-14/h3-4,8-9,13,15H,5-6H2,1-2H3,(H,20,22)/t13-,15+/m0/s1. The number of rotatable bonds is 3. The molecule has 1 fully saturated rings. The highest BCUT2D eigenvalue weighted by atomic mass is 16.5. The molecule has 1 amide bonds. The lowest BCUT2D eigenvalue weighted by Gasteiger charge is -2.19. The average Bonchev–Trinajstić information content (AvgIpc) is 3.15. The summed E-state index contributed by atoms with van der Waals surface area (Å²) in [5.74, 6) is -0.267. The van der Waals surface area contributed by atoms with Crippen LogP contribution in [0.1, 0.15) is 39.8 Å². The molecular formula is C16H17N5O2. The number of aryl methyl sites for hydroxylation is 1. The fourth-order valence-corrected chi connectivity index (χ4v) is 2.68. The molecule has 7 heteroatoms. The van der Waals surface area contributed by atoms with Gasteiger partial charge in [-0.15, -0.1) is 0 Å². The zero-order chi connectivity index (χ0) is 16.4. The summed E-state index contributed by atoms with van der Waals surface area (Å²) < 4.78 is 7.58. The van der Waals surface area contributed by atoms with Gasteiger partial charge in [0.25, 0.3) is 5.91 Å². The number of nitriles is 1. The first-order chi connectivity index (χ1) is 11.1. The topological polar surface area (TPSA) is 92.8 Å². The second-order valence-corrected chi connectivity index (χ2v) is 5.51. The smallest absolute Gasteiger partial charge is 0.270 e. The molecule has 1 aliphatic rings. The number of nitrogens with one attached hydrogen (secondary N) is 1. The molecule has 0 spiro atoms. The average molecular weight is 311 g/mol. The fourth-order valence-electron chi connectivity index (χ4n) is 2.68. The Kier molecular flexibility index (Phi) is 4.08. The molecule has 7 nitrogen and oxygen atoms in total. The summed E-state index contributed by atoms with van der Waals surface area (Å²) in [6.45, 7) is 2.57. The van der Waals surface area contributed by atoms with Gasteiger partial charge in [-0.1, -0.05) is 0 Å². The Bertz CT molecular complexity index is 760. The fraction of sp³-hybridized carbons (Fsp3) is 0.375. The number of carbonyl (C=O) groups is 1. The van der Waals surface area contributed by atoms with Crippen molar-refractivity contribution in [1.29, 1.82) is 5.26 Å². The van der Waals surface area contributed by atoms with Crippen molar-refractivity contribution < 1.29 is 9.53 Å². The monoisotopic (exact) mass is 311 g/mol. The lowest BCUT2D eigenvalue weighted by Crippen LogP contribution is -2.37. The van der Waals surface area contributed by atoms with Crippen molar-refractivity contribution in [1.82, 2.24) is 20.1 Å². The number of amides is 1. The van der Waals surface area contributed by atoms with Crippen molar-refractivity contribution in [3.8, 4) is 6.07 Å². The number of carbonyl (C=O) groups excluding carboxylic acids is 1. The van der Waals surface area contributed by atoms with Gasteiger partial charge in [-0.05, 0) is 25.5 Å². The van der Waals surface area contributed by atoms with Gasteiger partial charge >= 0.3 is 0 Å². The first-order valence-corrected chi connectivity index (χ1v) is 7.37. The molecule has 0 unspecified atom stereocenters. The van der Waals surface area contributed by atoms with Crippen LogP contribution in [0.15, 0.2) is 24.5 Å². The van der Waals surface area contributed by atoms with Gasteiger partial charge in [-0.2, -0.15) is 10.4 Å². The van der Waals surface area contributed by atoms with E-state index in [4.69, 9.17) is 10.00 Å². The van der Waals surface area contributed by atoms with E-state index >= 15 is 0 Å². The quantitative estimate of drug-likeness (QED) is 0.921. The lowest BCUT2D eigenvalue weighted by molar-refractivity contribution is 0.0815. The minimum Gasteiger partial charge on any atom is -0.371 e. The summed E-state index contributed by atoms with van der Waals surface area (Å²) in [6.07, 6.45) is 3.71. The van der Waals surface area contributed by atoms with E-state index in [1.807, 2.05) is 20.0 Å². The largest absolute Gasteiger partial charge is 0.371 e. The van der Waals surface area contributed by atoms with Crippen molar-refractivity contribution in [2.24, 2.45) is 7.05 Å². The highest BCUT2D eigenvalue weighted by molar-refractivity contribution is 5.92. The number of ether oxygens (including phenoxy) is 1. The molecule has 23 heavy (non-hydrogen) atoms. The van der Waals surface area contributed by atoms with Gasteiger partial charge in [0.2, 0.25) is 0 Å². The van der Waals surface area contributed by atoms with E-state index in [9.17, 15) is 4.79 Å². The maximum Gasteiger partial charge on any atom is 0.270 e. The van der Waals surface area contributed by atoms with E-state index < -0.39 is 0 Å². The Morgan fingerprint density at radius 1 is 1.48 bits per heavy atom. The third kappa shape index (κ3) is 2.94. The van der Waals surface area contributed by atoms with Crippen LogP contribution in [0.2, 0.25) is 0 Å². The summed E-state index contributed by atoms with van der Waals surface area (Å²) in [7, 11) is 1.88. The molecule has 1 aliphatic heterocycles. The molecule has 0 saturated carbocycles. The molecule has 0 bridgehead atoms. The normalized spacial score (nSPS) is 20.2. The minimum absolute atomic E-state index is 0.122. The zero-order valence-electron chi connectivity index (χ0n) is 13.0.